The van der Waals surface area contributed by atoms with Crippen LogP contribution in [0.2, 0.25) is 0 Å². The van der Waals surface area contributed by atoms with E-state index >= 15 is 0 Å². The number of hydrogen-bond acceptors (Lipinski definition) is 3. The normalized spacial score (nSPS) is 20.3. The molecule has 1 aromatic rings. The van der Waals surface area contributed by atoms with E-state index in [-0.39, 0.29) is 12.4 Å². The summed E-state index contributed by atoms with van der Waals surface area (Å²) < 4.78 is 6.43. The molecule has 1 unspecified atom stereocenters. The third-order valence-corrected chi connectivity index (χ3v) is 3.87. The standard InChI is InChI=1S/C13H19BrN2O.ClH/c1-10-8-16(6-5-15-10)9-11-7-12(17-2)3-4-13(11)14;/h3-4,7,10,15H,5-6,8-9H2,1-2H3;1H. The maximum absolute atomic E-state index is 5.27. The zero-order chi connectivity index (χ0) is 12.3. The van der Waals surface area contributed by atoms with Crippen molar-refractivity contribution in [2.45, 2.75) is 19.5 Å². The summed E-state index contributed by atoms with van der Waals surface area (Å²) >= 11 is 3.60. The first-order valence-corrected chi connectivity index (χ1v) is 6.76. The van der Waals surface area contributed by atoms with Gasteiger partial charge in [-0.2, -0.15) is 0 Å². The summed E-state index contributed by atoms with van der Waals surface area (Å²) in [4.78, 5) is 2.47. The van der Waals surface area contributed by atoms with Gasteiger partial charge in [0.15, 0.2) is 0 Å². The fraction of sp³-hybridized carbons (Fsp3) is 0.538. The number of piperazine rings is 1. The topological polar surface area (TPSA) is 24.5 Å². The summed E-state index contributed by atoms with van der Waals surface area (Å²) in [6.45, 7) is 6.48. The Morgan fingerprint density at radius 1 is 1.50 bits per heavy atom. The van der Waals surface area contributed by atoms with Crippen molar-refractivity contribution in [2.75, 3.05) is 26.7 Å². The second kappa shape index (κ2) is 7.34. The molecule has 5 heteroatoms. The van der Waals surface area contributed by atoms with Crippen LogP contribution in [-0.4, -0.2) is 37.7 Å². The molecule has 0 aromatic heterocycles. The summed E-state index contributed by atoms with van der Waals surface area (Å²) in [5, 5.41) is 3.46. The molecule has 0 amide bonds. The molecule has 0 spiro atoms. The molecule has 1 fully saturated rings. The molecule has 1 saturated heterocycles. The van der Waals surface area contributed by atoms with Gasteiger partial charge >= 0.3 is 0 Å². The van der Waals surface area contributed by atoms with Crippen molar-refractivity contribution >= 4 is 28.3 Å². The molecular formula is C13H20BrClN2O. The lowest BCUT2D eigenvalue weighted by atomic mass is 10.1. The number of halogens is 2. The van der Waals surface area contributed by atoms with Crippen molar-refractivity contribution in [3.63, 3.8) is 0 Å². The highest BCUT2D eigenvalue weighted by Crippen LogP contribution is 2.24. The third kappa shape index (κ3) is 4.12. The number of nitrogens with zero attached hydrogens (tertiary/aromatic N) is 1. The average molecular weight is 336 g/mol. The van der Waals surface area contributed by atoms with E-state index in [4.69, 9.17) is 4.74 Å². The summed E-state index contributed by atoms with van der Waals surface area (Å²) in [6, 6.07) is 6.72. The largest absolute Gasteiger partial charge is 0.497 e. The molecule has 0 saturated carbocycles. The minimum Gasteiger partial charge on any atom is -0.497 e. The molecule has 0 bridgehead atoms. The minimum absolute atomic E-state index is 0. The van der Waals surface area contributed by atoms with Crippen LogP contribution in [0.15, 0.2) is 22.7 Å². The first kappa shape index (κ1) is 15.8. The van der Waals surface area contributed by atoms with Gasteiger partial charge in [0, 0.05) is 36.7 Å². The van der Waals surface area contributed by atoms with E-state index < -0.39 is 0 Å². The van der Waals surface area contributed by atoms with E-state index in [0.29, 0.717) is 6.04 Å². The maximum atomic E-state index is 5.27. The quantitative estimate of drug-likeness (QED) is 0.919. The van der Waals surface area contributed by atoms with E-state index in [1.165, 1.54) is 5.56 Å². The first-order chi connectivity index (χ1) is 8.19. The van der Waals surface area contributed by atoms with E-state index in [2.05, 4.69) is 45.2 Å². The lowest BCUT2D eigenvalue weighted by molar-refractivity contribution is 0.199. The van der Waals surface area contributed by atoms with Crippen molar-refractivity contribution in [2.24, 2.45) is 0 Å². The van der Waals surface area contributed by atoms with Crippen LogP contribution < -0.4 is 10.1 Å². The fourth-order valence-electron chi connectivity index (χ4n) is 2.20. The number of rotatable bonds is 3. The Labute approximate surface area is 123 Å². The van der Waals surface area contributed by atoms with Crippen LogP contribution in [0, 0.1) is 0 Å². The molecule has 0 radical (unpaired) electrons. The Hall–Kier alpha value is -0.290. The van der Waals surface area contributed by atoms with Gasteiger partial charge in [-0.1, -0.05) is 15.9 Å². The Morgan fingerprint density at radius 2 is 2.28 bits per heavy atom. The van der Waals surface area contributed by atoms with Crippen molar-refractivity contribution in [1.82, 2.24) is 10.2 Å². The van der Waals surface area contributed by atoms with E-state index in [1.807, 2.05) is 6.07 Å². The molecule has 1 aliphatic rings. The van der Waals surface area contributed by atoms with Crippen LogP contribution in [-0.2, 0) is 6.54 Å². The lowest BCUT2D eigenvalue weighted by Gasteiger charge is -2.32. The fourth-order valence-corrected chi connectivity index (χ4v) is 2.57. The van der Waals surface area contributed by atoms with Gasteiger partial charge in [0.05, 0.1) is 7.11 Å². The highest BCUT2D eigenvalue weighted by atomic mass is 79.9. The molecule has 1 N–H and O–H groups in total. The molecular weight excluding hydrogens is 316 g/mol. The molecule has 2 rings (SSSR count). The number of methoxy groups -OCH3 is 1. The van der Waals surface area contributed by atoms with Gasteiger partial charge < -0.3 is 10.1 Å². The van der Waals surface area contributed by atoms with Crippen molar-refractivity contribution < 1.29 is 4.74 Å². The van der Waals surface area contributed by atoms with Gasteiger partial charge in [-0.05, 0) is 30.7 Å². The molecule has 102 valence electrons. The van der Waals surface area contributed by atoms with Gasteiger partial charge in [0.1, 0.15) is 5.75 Å². The number of hydrogen-bond donors (Lipinski definition) is 1. The highest BCUT2D eigenvalue weighted by Gasteiger charge is 2.16. The Morgan fingerprint density at radius 3 is 2.94 bits per heavy atom. The molecule has 1 atom stereocenters. The summed E-state index contributed by atoms with van der Waals surface area (Å²) in [5.74, 6) is 0.923. The van der Waals surface area contributed by atoms with E-state index in [9.17, 15) is 0 Å². The minimum atomic E-state index is 0. The average Bonchev–Trinajstić information content (AvgIpc) is 2.32. The first-order valence-electron chi connectivity index (χ1n) is 5.97. The summed E-state index contributed by atoms with van der Waals surface area (Å²) in [6.07, 6.45) is 0. The molecule has 1 aliphatic heterocycles. The summed E-state index contributed by atoms with van der Waals surface area (Å²) in [5.41, 5.74) is 1.29. The van der Waals surface area contributed by atoms with E-state index in [1.54, 1.807) is 7.11 Å². The van der Waals surface area contributed by atoms with Crippen LogP contribution >= 0.6 is 28.3 Å². The second-order valence-electron chi connectivity index (χ2n) is 4.55. The van der Waals surface area contributed by atoms with Crippen molar-refractivity contribution in [3.05, 3.63) is 28.2 Å². The number of ether oxygens (including phenoxy) is 1. The van der Waals surface area contributed by atoms with Crippen LogP contribution in [0.5, 0.6) is 5.75 Å². The van der Waals surface area contributed by atoms with Gasteiger partial charge in [0.2, 0.25) is 0 Å². The monoisotopic (exact) mass is 334 g/mol. The SMILES string of the molecule is COc1ccc(Br)c(CN2CCNC(C)C2)c1.Cl. The van der Waals surface area contributed by atoms with Crippen LogP contribution in [0.25, 0.3) is 0 Å². The smallest absolute Gasteiger partial charge is 0.119 e. The van der Waals surface area contributed by atoms with Crippen molar-refractivity contribution in [3.8, 4) is 5.75 Å². The molecule has 0 aliphatic carbocycles. The predicted octanol–water partition coefficient (Wildman–Crippen LogP) is 2.67. The Bertz CT molecular complexity index is 389. The van der Waals surface area contributed by atoms with E-state index in [0.717, 1.165) is 36.4 Å². The van der Waals surface area contributed by atoms with Gasteiger partial charge in [0.25, 0.3) is 0 Å². The Kier molecular flexibility index (Phi) is 6.43. The molecule has 3 nitrogen and oxygen atoms in total. The van der Waals surface area contributed by atoms with Gasteiger partial charge in [-0.15, -0.1) is 12.4 Å². The van der Waals surface area contributed by atoms with Crippen LogP contribution in [0.1, 0.15) is 12.5 Å². The highest BCUT2D eigenvalue weighted by molar-refractivity contribution is 9.10. The maximum Gasteiger partial charge on any atom is 0.119 e. The van der Waals surface area contributed by atoms with Gasteiger partial charge in [-0.25, -0.2) is 0 Å². The number of benzene rings is 1. The van der Waals surface area contributed by atoms with Crippen LogP contribution in [0.3, 0.4) is 0 Å². The van der Waals surface area contributed by atoms with Gasteiger partial charge in [-0.3, -0.25) is 4.90 Å². The third-order valence-electron chi connectivity index (χ3n) is 3.10. The second-order valence-corrected chi connectivity index (χ2v) is 5.40. The Balaban J connectivity index is 0.00000162. The van der Waals surface area contributed by atoms with Crippen LogP contribution in [0.4, 0.5) is 0 Å². The molecule has 1 heterocycles. The number of nitrogens with one attached hydrogen (secondary N) is 1. The molecule has 18 heavy (non-hydrogen) atoms. The molecule has 1 aromatic carbocycles. The lowest BCUT2D eigenvalue weighted by Crippen LogP contribution is -2.48. The zero-order valence-electron chi connectivity index (χ0n) is 10.8. The predicted molar refractivity (Wildman–Crippen MR) is 80.7 cm³/mol. The zero-order valence-corrected chi connectivity index (χ0v) is 13.2. The summed E-state index contributed by atoms with van der Waals surface area (Å²) in [7, 11) is 1.71. The van der Waals surface area contributed by atoms with Crippen molar-refractivity contribution in [1.29, 1.82) is 0 Å².